The highest BCUT2D eigenvalue weighted by Gasteiger charge is 2.27. The summed E-state index contributed by atoms with van der Waals surface area (Å²) in [5, 5.41) is 9.58. The fourth-order valence-corrected chi connectivity index (χ4v) is 1.21. The van der Waals surface area contributed by atoms with Gasteiger partial charge in [-0.05, 0) is 24.7 Å². The van der Waals surface area contributed by atoms with Gasteiger partial charge in [0.25, 0.3) is 0 Å². The van der Waals surface area contributed by atoms with Crippen LogP contribution in [0.25, 0.3) is 0 Å². The van der Waals surface area contributed by atoms with Gasteiger partial charge in [0.15, 0.2) is 0 Å². The first kappa shape index (κ1) is 13.5. The third-order valence-corrected chi connectivity index (χ3v) is 2.81. The minimum absolute atomic E-state index is 0. The van der Waals surface area contributed by atoms with Crippen LogP contribution in [0.3, 0.4) is 0 Å². The van der Waals surface area contributed by atoms with Crippen LogP contribution in [0.2, 0.25) is 0 Å². The van der Waals surface area contributed by atoms with Crippen molar-refractivity contribution in [3.63, 3.8) is 0 Å². The summed E-state index contributed by atoms with van der Waals surface area (Å²) < 4.78 is 0. The van der Waals surface area contributed by atoms with E-state index in [1.165, 1.54) is 0 Å². The van der Waals surface area contributed by atoms with Crippen molar-refractivity contribution in [1.29, 1.82) is 0 Å². The molecule has 0 aromatic carbocycles. The van der Waals surface area contributed by atoms with Gasteiger partial charge >= 0.3 is 0 Å². The second-order valence-electron chi connectivity index (χ2n) is 3.29. The molecule has 0 aromatic rings. The molecule has 0 amide bonds. The quantitative estimate of drug-likeness (QED) is 0.666. The van der Waals surface area contributed by atoms with Crippen LogP contribution in [0.1, 0.15) is 47.0 Å². The SMILES string of the molecule is CCC(O)C(C)(CC)CC.N. The molecule has 1 atom stereocenters. The van der Waals surface area contributed by atoms with E-state index in [-0.39, 0.29) is 17.7 Å². The highest BCUT2D eigenvalue weighted by Crippen LogP contribution is 2.30. The van der Waals surface area contributed by atoms with Crippen molar-refractivity contribution in [2.75, 3.05) is 0 Å². The Kier molecular flexibility index (Phi) is 6.82. The summed E-state index contributed by atoms with van der Waals surface area (Å²) >= 11 is 0. The molecular formula is C9H23NO. The van der Waals surface area contributed by atoms with Crippen LogP contribution in [-0.2, 0) is 0 Å². The predicted octanol–water partition coefficient (Wildman–Crippen LogP) is 2.75. The van der Waals surface area contributed by atoms with Crippen molar-refractivity contribution < 1.29 is 5.11 Å². The van der Waals surface area contributed by atoms with Gasteiger partial charge in [-0.2, -0.15) is 0 Å². The fourth-order valence-electron chi connectivity index (χ4n) is 1.21. The molecule has 0 radical (unpaired) electrons. The highest BCUT2D eigenvalue weighted by molar-refractivity contribution is 4.78. The average molecular weight is 161 g/mol. The van der Waals surface area contributed by atoms with Crippen LogP contribution in [0.15, 0.2) is 0 Å². The number of aliphatic hydroxyl groups excluding tert-OH is 1. The van der Waals surface area contributed by atoms with Gasteiger partial charge in [0.05, 0.1) is 6.10 Å². The molecule has 0 aliphatic rings. The Balaban J connectivity index is 0. The van der Waals surface area contributed by atoms with E-state index >= 15 is 0 Å². The van der Waals surface area contributed by atoms with Gasteiger partial charge in [-0.15, -0.1) is 0 Å². The highest BCUT2D eigenvalue weighted by atomic mass is 16.3. The van der Waals surface area contributed by atoms with Crippen LogP contribution < -0.4 is 6.15 Å². The number of hydrogen-bond acceptors (Lipinski definition) is 2. The van der Waals surface area contributed by atoms with E-state index in [0.29, 0.717) is 0 Å². The van der Waals surface area contributed by atoms with E-state index in [9.17, 15) is 5.11 Å². The molecule has 0 bridgehead atoms. The van der Waals surface area contributed by atoms with Gasteiger partial charge in [0.2, 0.25) is 0 Å². The Morgan fingerprint density at radius 3 is 1.64 bits per heavy atom. The van der Waals surface area contributed by atoms with Crippen molar-refractivity contribution in [2.45, 2.75) is 53.1 Å². The molecule has 1 unspecified atom stereocenters. The summed E-state index contributed by atoms with van der Waals surface area (Å²) in [5.74, 6) is 0. The average Bonchev–Trinajstić information content (AvgIpc) is 2.01. The van der Waals surface area contributed by atoms with Crippen molar-refractivity contribution >= 4 is 0 Å². The zero-order valence-corrected chi connectivity index (χ0v) is 8.35. The predicted molar refractivity (Wildman–Crippen MR) is 50.0 cm³/mol. The van der Waals surface area contributed by atoms with Crippen LogP contribution in [0.5, 0.6) is 0 Å². The smallest absolute Gasteiger partial charge is 0.0590 e. The van der Waals surface area contributed by atoms with Gasteiger partial charge < -0.3 is 11.3 Å². The topological polar surface area (TPSA) is 55.2 Å². The van der Waals surface area contributed by atoms with Gasteiger partial charge in [0, 0.05) is 0 Å². The van der Waals surface area contributed by atoms with E-state index in [0.717, 1.165) is 19.3 Å². The first-order valence-electron chi connectivity index (χ1n) is 4.28. The van der Waals surface area contributed by atoms with Gasteiger partial charge in [-0.25, -0.2) is 0 Å². The van der Waals surface area contributed by atoms with Gasteiger partial charge in [-0.1, -0.05) is 27.7 Å². The molecule has 11 heavy (non-hydrogen) atoms. The van der Waals surface area contributed by atoms with E-state index in [4.69, 9.17) is 0 Å². The first-order chi connectivity index (χ1) is 4.60. The summed E-state index contributed by atoms with van der Waals surface area (Å²) in [6.45, 7) is 8.47. The summed E-state index contributed by atoms with van der Waals surface area (Å²) in [4.78, 5) is 0. The molecule has 0 fully saturated rings. The normalized spacial score (nSPS) is 13.9. The molecule has 70 valence electrons. The monoisotopic (exact) mass is 161 g/mol. The molecule has 0 heterocycles. The molecular weight excluding hydrogens is 138 g/mol. The van der Waals surface area contributed by atoms with E-state index < -0.39 is 0 Å². The first-order valence-corrected chi connectivity index (χ1v) is 4.28. The number of aliphatic hydroxyl groups is 1. The second kappa shape index (κ2) is 5.56. The van der Waals surface area contributed by atoms with Crippen LogP contribution in [0.4, 0.5) is 0 Å². The molecule has 2 heteroatoms. The maximum absolute atomic E-state index is 9.58. The third-order valence-electron chi connectivity index (χ3n) is 2.81. The van der Waals surface area contributed by atoms with Gasteiger partial charge in [0.1, 0.15) is 0 Å². The zero-order chi connectivity index (χ0) is 8.20. The lowest BCUT2D eigenvalue weighted by Gasteiger charge is -2.31. The van der Waals surface area contributed by atoms with Crippen molar-refractivity contribution in [3.05, 3.63) is 0 Å². The van der Waals surface area contributed by atoms with Crippen molar-refractivity contribution in [1.82, 2.24) is 6.15 Å². The summed E-state index contributed by atoms with van der Waals surface area (Å²) in [7, 11) is 0. The maximum atomic E-state index is 9.58. The van der Waals surface area contributed by atoms with Crippen LogP contribution in [0, 0.1) is 5.41 Å². The molecule has 4 N–H and O–H groups in total. The Bertz CT molecular complexity index is 89.6. The van der Waals surface area contributed by atoms with E-state index in [1.807, 2.05) is 6.92 Å². The Labute approximate surface area is 70.6 Å². The number of rotatable bonds is 4. The zero-order valence-electron chi connectivity index (χ0n) is 8.35. The van der Waals surface area contributed by atoms with Crippen LogP contribution >= 0.6 is 0 Å². The summed E-state index contributed by atoms with van der Waals surface area (Å²) in [5.41, 5.74) is 0.148. The maximum Gasteiger partial charge on any atom is 0.0590 e. The Morgan fingerprint density at radius 1 is 1.18 bits per heavy atom. The lowest BCUT2D eigenvalue weighted by molar-refractivity contribution is 0.0284. The van der Waals surface area contributed by atoms with Gasteiger partial charge in [-0.3, -0.25) is 0 Å². The molecule has 0 aromatic heterocycles. The van der Waals surface area contributed by atoms with E-state index in [2.05, 4.69) is 20.8 Å². The second-order valence-corrected chi connectivity index (χ2v) is 3.29. The molecule has 0 rings (SSSR count). The Hall–Kier alpha value is -0.0800. The molecule has 0 aliphatic heterocycles. The third kappa shape index (κ3) is 3.21. The fraction of sp³-hybridized carbons (Fsp3) is 1.00. The van der Waals surface area contributed by atoms with E-state index in [1.54, 1.807) is 0 Å². The molecule has 0 aliphatic carbocycles. The number of hydrogen-bond donors (Lipinski definition) is 2. The lowest BCUT2D eigenvalue weighted by Crippen LogP contribution is -2.30. The largest absolute Gasteiger partial charge is 0.393 e. The molecule has 0 saturated carbocycles. The summed E-state index contributed by atoms with van der Waals surface area (Å²) in [6, 6.07) is 0. The van der Waals surface area contributed by atoms with Crippen LogP contribution in [-0.4, -0.2) is 11.2 Å². The van der Waals surface area contributed by atoms with Crippen molar-refractivity contribution in [3.8, 4) is 0 Å². The lowest BCUT2D eigenvalue weighted by atomic mass is 9.78. The summed E-state index contributed by atoms with van der Waals surface area (Å²) in [6.07, 6.45) is 2.89. The molecule has 0 saturated heterocycles. The molecule has 2 nitrogen and oxygen atoms in total. The minimum atomic E-state index is -0.123. The molecule has 0 spiro atoms. The Morgan fingerprint density at radius 2 is 1.55 bits per heavy atom. The van der Waals surface area contributed by atoms with Crippen molar-refractivity contribution in [2.24, 2.45) is 5.41 Å². The minimum Gasteiger partial charge on any atom is -0.393 e. The standard InChI is InChI=1S/C9H20O.H3N/c1-5-8(10)9(4,6-2)7-3;/h8,10H,5-7H2,1-4H3;1H3.